The van der Waals surface area contributed by atoms with Gasteiger partial charge in [-0.3, -0.25) is 9.59 Å². The number of aliphatic hydroxyl groups is 1. The van der Waals surface area contributed by atoms with Crippen molar-refractivity contribution in [3.05, 3.63) is 23.9 Å². The Kier molecular flexibility index (Phi) is 6.16. The fourth-order valence-electron chi connectivity index (χ4n) is 2.48. The molecule has 3 amide bonds. The van der Waals surface area contributed by atoms with Crippen molar-refractivity contribution in [3.63, 3.8) is 0 Å². The van der Waals surface area contributed by atoms with E-state index in [-0.39, 0.29) is 24.8 Å². The second-order valence-electron chi connectivity index (χ2n) is 6.27. The van der Waals surface area contributed by atoms with Crippen molar-refractivity contribution < 1.29 is 19.5 Å². The van der Waals surface area contributed by atoms with E-state index in [1.54, 1.807) is 23.1 Å². The Hall–Kier alpha value is -2.39. The minimum atomic E-state index is -1.12. The molecule has 2 atom stereocenters. The van der Waals surface area contributed by atoms with Gasteiger partial charge in [0.2, 0.25) is 5.91 Å². The lowest BCUT2D eigenvalue weighted by molar-refractivity contribution is -0.124. The third kappa shape index (κ3) is 4.80. The molecular weight excluding hydrogens is 326 g/mol. The lowest BCUT2D eigenvalue weighted by Gasteiger charge is -2.32. The zero-order chi connectivity index (χ0) is 18.4. The van der Waals surface area contributed by atoms with Crippen LogP contribution >= 0.6 is 0 Å². The van der Waals surface area contributed by atoms with Gasteiger partial charge in [0.1, 0.15) is 6.04 Å². The minimum Gasteiger partial charge on any atom is -0.399 e. The van der Waals surface area contributed by atoms with Crippen LogP contribution in [0.15, 0.2) is 23.9 Å². The first kappa shape index (κ1) is 18.9. The van der Waals surface area contributed by atoms with E-state index in [1.807, 2.05) is 0 Å². The van der Waals surface area contributed by atoms with Gasteiger partial charge in [0.05, 0.1) is 12.1 Å². The summed E-state index contributed by atoms with van der Waals surface area (Å²) < 4.78 is 0. The van der Waals surface area contributed by atoms with Crippen LogP contribution in [0.5, 0.6) is 0 Å². The molecule has 138 valence electrons. The molecular formula is C16H25N5O4. The fraction of sp³-hybridized carbons (Fsp3) is 0.562. The number of hydrogen-bond acceptors (Lipinski definition) is 6. The molecule has 0 saturated carbocycles. The molecule has 0 spiro atoms. The topological polar surface area (TPSA) is 151 Å². The van der Waals surface area contributed by atoms with Gasteiger partial charge in [0, 0.05) is 31.8 Å². The van der Waals surface area contributed by atoms with Crippen molar-refractivity contribution in [2.45, 2.75) is 30.8 Å². The lowest BCUT2D eigenvalue weighted by atomic mass is 9.86. The predicted octanol–water partition coefficient (Wildman–Crippen LogP) is -1.66. The number of aliphatic hydroxyl groups excluding tert-OH is 1. The molecule has 0 aromatic rings. The second-order valence-corrected chi connectivity index (χ2v) is 6.27. The lowest BCUT2D eigenvalue weighted by Crippen LogP contribution is -2.56. The first-order chi connectivity index (χ1) is 11.9. The molecule has 1 heterocycles. The van der Waals surface area contributed by atoms with Crippen molar-refractivity contribution in [2.75, 3.05) is 26.2 Å². The molecule has 25 heavy (non-hydrogen) atoms. The van der Waals surface area contributed by atoms with Gasteiger partial charge in [-0.05, 0) is 18.9 Å². The number of amides is 3. The molecule has 0 radical (unpaired) electrons. The zero-order valence-electron chi connectivity index (χ0n) is 14.0. The maximum atomic E-state index is 12.2. The molecule has 1 aliphatic carbocycles. The van der Waals surface area contributed by atoms with Crippen molar-refractivity contribution in [1.29, 1.82) is 0 Å². The zero-order valence-corrected chi connectivity index (χ0v) is 14.0. The number of carbonyl (C=O) groups is 3. The first-order valence-corrected chi connectivity index (χ1v) is 8.27. The molecule has 0 aromatic carbocycles. The average Bonchev–Trinajstić information content (AvgIpc) is 2.53. The highest BCUT2D eigenvalue weighted by atomic mass is 16.3. The van der Waals surface area contributed by atoms with Crippen LogP contribution in [0.4, 0.5) is 4.79 Å². The molecule has 1 aliphatic heterocycles. The quantitative estimate of drug-likeness (QED) is 0.370. The second kappa shape index (κ2) is 8.13. The van der Waals surface area contributed by atoms with E-state index in [0.29, 0.717) is 25.2 Å². The molecule has 9 nitrogen and oxygen atoms in total. The van der Waals surface area contributed by atoms with E-state index in [2.05, 4.69) is 10.6 Å². The number of nitrogens with one attached hydrogen (secondary N) is 2. The van der Waals surface area contributed by atoms with Crippen LogP contribution in [-0.2, 0) is 9.59 Å². The van der Waals surface area contributed by atoms with Crippen LogP contribution in [0, 0.1) is 0 Å². The number of rotatable bonds is 7. The molecule has 9 heteroatoms. The summed E-state index contributed by atoms with van der Waals surface area (Å²) in [4.78, 5) is 37.6. The van der Waals surface area contributed by atoms with Crippen LogP contribution in [0.2, 0.25) is 0 Å². The van der Waals surface area contributed by atoms with Gasteiger partial charge in [-0.25, -0.2) is 4.79 Å². The van der Waals surface area contributed by atoms with E-state index in [4.69, 9.17) is 11.5 Å². The van der Waals surface area contributed by atoms with Crippen LogP contribution < -0.4 is 22.1 Å². The Bertz CT molecular complexity index is 599. The number of ketones is 1. The van der Waals surface area contributed by atoms with Crippen molar-refractivity contribution in [1.82, 2.24) is 15.5 Å². The van der Waals surface area contributed by atoms with Gasteiger partial charge in [-0.15, -0.1) is 0 Å². The van der Waals surface area contributed by atoms with Gasteiger partial charge in [-0.1, -0.05) is 12.2 Å². The number of nitrogens with two attached hydrogens (primary N) is 2. The summed E-state index contributed by atoms with van der Waals surface area (Å²) in [5.41, 5.74) is 11.1. The predicted molar refractivity (Wildman–Crippen MR) is 91.2 cm³/mol. The van der Waals surface area contributed by atoms with Crippen molar-refractivity contribution >= 4 is 17.7 Å². The summed E-state index contributed by atoms with van der Waals surface area (Å²) in [6.07, 6.45) is 6.13. The van der Waals surface area contributed by atoms with Crippen LogP contribution in [0.1, 0.15) is 19.3 Å². The smallest absolute Gasteiger partial charge is 0.318 e. The first-order valence-electron chi connectivity index (χ1n) is 8.27. The van der Waals surface area contributed by atoms with Gasteiger partial charge in [-0.2, -0.15) is 0 Å². The van der Waals surface area contributed by atoms with E-state index < -0.39 is 24.1 Å². The Morgan fingerprint density at radius 2 is 2.08 bits per heavy atom. The average molecular weight is 351 g/mol. The van der Waals surface area contributed by atoms with Gasteiger partial charge >= 0.3 is 6.03 Å². The van der Waals surface area contributed by atoms with E-state index in [9.17, 15) is 19.5 Å². The van der Waals surface area contributed by atoms with Gasteiger partial charge in [0.25, 0.3) is 0 Å². The fourth-order valence-corrected chi connectivity index (χ4v) is 2.48. The van der Waals surface area contributed by atoms with Crippen LogP contribution in [-0.4, -0.2) is 65.5 Å². The molecule has 2 aliphatic rings. The highest BCUT2D eigenvalue weighted by molar-refractivity contribution is 5.92. The number of Topliss-reactive ketones (excluding diaryl/α,β-unsaturated/α-hetero) is 1. The highest BCUT2D eigenvalue weighted by Gasteiger charge is 2.31. The summed E-state index contributed by atoms with van der Waals surface area (Å²) in [5.74, 6) is -0.767. The van der Waals surface area contributed by atoms with Crippen molar-refractivity contribution in [3.8, 4) is 0 Å². The number of hydrogen-bond donors (Lipinski definition) is 5. The Labute approximate surface area is 146 Å². The minimum absolute atomic E-state index is 0.0402. The maximum absolute atomic E-state index is 12.2. The number of allylic oxidation sites excluding steroid dienone is 1. The van der Waals surface area contributed by atoms with Gasteiger partial charge in [0.15, 0.2) is 5.78 Å². The van der Waals surface area contributed by atoms with Crippen LogP contribution in [0.25, 0.3) is 0 Å². The molecule has 7 N–H and O–H groups in total. The number of carbonyl (C=O) groups excluding carboxylic acids is 3. The summed E-state index contributed by atoms with van der Waals surface area (Å²) in [7, 11) is 0. The largest absolute Gasteiger partial charge is 0.399 e. The third-order valence-electron chi connectivity index (χ3n) is 4.36. The maximum Gasteiger partial charge on any atom is 0.318 e. The van der Waals surface area contributed by atoms with Crippen molar-refractivity contribution in [2.24, 2.45) is 11.5 Å². The Morgan fingerprint density at radius 1 is 1.36 bits per heavy atom. The molecule has 1 fully saturated rings. The summed E-state index contributed by atoms with van der Waals surface area (Å²) in [6, 6.07) is -1.43. The Balaban J connectivity index is 1.75. The summed E-state index contributed by atoms with van der Waals surface area (Å²) >= 11 is 0. The molecule has 1 saturated heterocycles. The van der Waals surface area contributed by atoms with E-state index in [1.165, 1.54) is 0 Å². The number of likely N-dealkylation sites (tertiary alicyclic amines) is 1. The molecule has 0 bridgehead atoms. The van der Waals surface area contributed by atoms with Gasteiger partial charge < -0.3 is 32.1 Å². The molecule has 2 unspecified atom stereocenters. The number of urea groups is 1. The standard InChI is InChI=1S/C16H25N5O4/c17-11-2-5-16(18,6-3-11)13(23)4-7-19-14(24)12(10-22)20-15(25)21-8-1-9-21/h2-3,5,12,22H,1,4,6-10,17-18H2,(H,19,24)(H,20,25). The normalized spacial score (nSPS) is 23.3. The third-order valence-corrected chi connectivity index (χ3v) is 4.36. The molecule has 2 rings (SSSR count). The molecule has 0 aromatic heterocycles. The summed E-state index contributed by atoms with van der Waals surface area (Å²) in [6.45, 7) is 0.836. The summed E-state index contributed by atoms with van der Waals surface area (Å²) in [5, 5.41) is 14.3. The number of nitrogens with zero attached hydrogens (tertiary/aromatic N) is 1. The van der Waals surface area contributed by atoms with Crippen LogP contribution in [0.3, 0.4) is 0 Å². The van der Waals surface area contributed by atoms with E-state index in [0.717, 1.165) is 6.42 Å². The Morgan fingerprint density at radius 3 is 2.60 bits per heavy atom. The highest BCUT2D eigenvalue weighted by Crippen LogP contribution is 2.18. The van der Waals surface area contributed by atoms with E-state index >= 15 is 0 Å². The monoisotopic (exact) mass is 351 g/mol. The SMILES string of the molecule is NC1=CCC(N)(C(=O)CCNC(=O)C(CO)NC(=O)N2CCC2)C=C1.